The minimum Gasteiger partial charge on any atom is -0.480 e. The predicted octanol–water partition coefficient (Wildman–Crippen LogP) is -0.205. The molecule has 0 spiro atoms. The average Bonchev–Trinajstić information content (AvgIpc) is 2.67. The molecule has 0 bridgehead atoms. The molecular formula is C17H21N5O5. The number of ether oxygens (including phenoxy) is 2. The number of hydrogen-bond acceptors (Lipinski definition) is 7. The molecule has 0 radical (unpaired) electrons. The number of hydrogen-bond donors (Lipinski definition) is 1. The van der Waals surface area contributed by atoms with Gasteiger partial charge in [-0.3, -0.25) is 19.6 Å². The van der Waals surface area contributed by atoms with Gasteiger partial charge in [0.25, 0.3) is 5.56 Å². The quantitative estimate of drug-likeness (QED) is 0.742. The van der Waals surface area contributed by atoms with Gasteiger partial charge in [0.1, 0.15) is 6.10 Å². The summed E-state index contributed by atoms with van der Waals surface area (Å²) >= 11 is 0. The van der Waals surface area contributed by atoms with Crippen LogP contribution in [0.1, 0.15) is 19.3 Å². The minimum atomic E-state index is -0.522. The molecule has 0 unspecified atom stereocenters. The van der Waals surface area contributed by atoms with E-state index in [9.17, 15) is 14.4 Å². The van der Waals surface area contributed by atoms with Crippen LogP contribution < -0.4 is 20.7 Å². The molecule has 0 aliphatic carbocycles. The fraction of sp³-hybridized carbons (Fsp3) is 0.471. The highest BCUT2D eigenvalue weighted by Gasteiger charge is 2.25. The lowest BCUT2D eigenvalue weighted by Gasteiger charge is -2.32. The van der Waals surface area contributed by atoms with E-state index < -0.39 is 11.2 Å². The summed E-state index contributed by atoms with van der Waals surface area (Å²) < 4.78 is 12.2. The van der Waals surface area contributed by atoms with Crippen LogP contribution in [-0.2, 0) is 11.3 Å². The Balaban J connectivity index is 1.55. The zero-order valence-electron chi connectivity index (χ0n) is 15.0. The summed E-state index contributed by atoms with van der Waals surface area (Å²) in [5.74, 6) is 0.647. The third kappa shape index (κ3) is 4.93. The number of aryl methyl sites for hydroxylation is 1. The van der Waals surface area contributed by atoms with E-state index in [0.717, 1.165) is 12.8 Å². The Hall–Kier alpha value is -3.17. The monoisotopic (exact) mass is 375 g/mol. The summed E-state index contributed by atoms with van der Waals surface area (Å²) in [6, 6.07) is 1.26. The van der Waals surface area contributed by atoms with Crippen molar-refractivity contribution < 1.29 is 14.3 Å². The normalized spacial score (nSPS) is 16.8. The van der Waals surface area contributed by atoms with E-state index >= 15 is 0 Å². The maximum atomic E-state index is 12.5. The van der Waals surface area contributed by atoms with Gasteiger partial charge < -0.3 is 18.9 Å². The van der Waals surface area contributed by atoms with Gasteiger partial charge in [-0.15, -0.1) is 0 Å². The topological polar surface area (TPSA) is 119 Å². The number of piperidine rings is 1. The third-order valence-corrected chi connectivity index (χ3v) is 4.28. The van der Waals surface area contributed by atoms with Gasteiger partial charge >= 0.3 is 5.69 Å². The summed E-state index contributed by atoms with van der Waals surface area (Å²) in [6.45, 7) is 1.29. The fourth-order valence-corrected chi connectivity index (χ4v) is 2.91. The SMILES string of the molecule is COc1cncc(O[C@@H]2CCCN(C(=O)CCn3ccc(=O)[nH]c3=O)C2)n1. The number of nitrogens with one attached hydrogen (secondary N) is 1. The summed E-state index contributed by atoms with van der Waals surface area (Å²) in [7, 11) is 1.50. The first-order valence-corrected chi connectivity index (χ1v) is 8.65. The van der Waals surface area contributed by atoms with Gasteiger partial charge in [-0.05, 0) is 12.8 Å². The molecule has 1 saturated heterocycles. The first kappa shape index (κ1) is 18.6. The van der Waals surface area contributed by atoms with Gasteiger partial charge in [0, 0.05) is 31.8 Å². The van der Waals surface area contributed by atoms with Crippen molar-refractivity contribution in [1.29, 1.82) is 0 Å². The van der Waals surface area contributed by atoms with E-state index in [2.05, 4.69) is 15.0 Å². The molecule has 1 N–H and O–H groups in total. The van der Waals surface area contributed by atoms with Crippen molar-refractivity contribution in [3.63, 3.8) is 0 Å². The molecule has 144 valence electrons. The highest BCUT2D eigenvalue weighted by atomic mass is 16.5. The zero-order valence-corrected chi connectivity index (χ0v) is 15.0. The molecular weight excluding hydrogens is 354 g/mol. The second-order valence-corrected chi connectivity index (χ2v) is 6.18. The lowest BCUT2D eigenvalue weighted by atomic mass is 10.1. The van der Waals surface area contributed by atoms with Crippen LogP contribution in [0.15, 0.2) is 34.2 Å². The molecule has 1 aliphatic heterocycles. The van der Waals surface area contributed by atoms with Crippen LogP contribution in [-0.4, -0.2) is 56.6 Å². The van der Waals surface area contributed by atoms with Crippen LogP contribution >= 0.6 is 0 Å². The molecule has 27 heavy (non-hydrogen) atoms. The molecule has 1 aliphatic rings. The number of likely N-dealkylation sites (tertiary alicyclic amines) is 1. The minimum absolute atomic E-state index is 0.0712. The van der Waals surface area contributed by atoms with Gasteiger partial charge in [0.15, 0.2) is 0 Å². The molecule has 1 fully saturated rings. The molecule has 3 rings (SSSR count). The maximum absolute atomic E-state index is 12.5. The number of carbonyl (C=O) groups is 1. The molecule has 1 atom stereocenters. The van der Waals surface area contributed by atoms with E-state index in [0.29, 0.717) is 24.8 Å². The number of amides is 1. The molecule has 10 nitrogen and oxygen atoms in total. The molecule has 3 heterocycles. The summed E-state index contributed by atoms with van der Waals surface area (Å²) in [5.41, 5.74) is -0.981. The number of carbonyl (C=O) groups excluding carboxylic acids is 1. The van der Waals surface area contributed by atoms with E-state index in [1.807, 2.05) is 0 Å². The van der Waals surface area contributed by atoms with E-state index in [1.54, 1.807) is 4.90 Å². The number of nitrogens with zero attached hydrogens (tertiary/aromatic N) is 4. The van der Waals surface area contributed by atoms with Crippen LogP contribution in [0.3, 0.4) is 0 Å². The maximum Gasteiger partial charge on any atom is 0.328 e. The van der Waals surface area contributed by atoms with Crippen LogP contribution in [0.25, 0.3) is 0 Å². The number of H-pyrrole nitrogens is 1. The van der Waals surface area contributed by atoms with E-state index in [-0.39, 0.29) is 25.0 Å². The number of methoxy groups -OCH3 is 1. The highest BCUT2D eigenvalue weighted by molar-refractivity contribution is 5.76. The Bertz CT molecular complexity index is 909. The number of aromatic amines is 1. The van der Waals surface area contributed by atoms with Crippen LogP contribution in [0.4, 0.5) is 0 Å². The van der Waals surface area contributed by atoms with Crippen LogP contribution in [0, 0.1) is 0 Å². The predicted molar refractivity (Wildman–Crippen MR) is 94.8 cm³/mol. The number of rotatable bonds is 6. The Kier molecular flexibility index (Phi) is 5.84. The Labute approximate surface area is 154 Å². The summed E-state index contributed by atoms with van der Waals surface area (Å²) in [5, 5.41) is 0. The molecule has 1 amide bonds. The van der Waals surface area contributed by atoms with Crippen molar-refractivity contribution in [2.24, 2.45) is 0 Å². The lowest BCUT2D eigenvalue weighted by molar-refractivity contribution is -0.134. The van der Waals surface area contributed by atoms with Crippen LogP contribution in [0.5, 0.6) is 11.8 Å². The first-order chi connectivity index (χ1) is 13.0. The smallest absolute Gasteiger partial charge is 0.328 e. The summed E-state index contributed by atoms with van der Waals surface area (Å²) in [6.07, 6.45) is 5.98. The van der Waals surface area contributed by atoms with Crippen molar-refractivity contribution in [2.75, 3.05) is 20.2 Å². The van der Waals surface area contributed by atoms with Gasteiger partial charge in [-0.25, -0.2) is 4.79 Å². The third-order valence-electron chi connectivity index (χ3n) is 4.28. The first-order valence-electron chi connectivity index (χ1n) is 8.65. The number of aromatic nitrogens is 4. The highest BCUT2D eigenvalue weighted by Crippen LogP contribution is 2.18. The van der Waals surface area contributed by atoms with Crippen LogP contribution in [0.2, 0.25) is 0 Å². The summed E-state index contributed by atoms with van der Waals surface area (Å²) in [4.78, 5) is 47.3. The van der Waals surface area contributed by atoms with Gasteiger partial charge in [-0.1, -0.05) is 0 Å². The molecule has 2 aromatic rings. The van der Waals surface area contributed by atoms with Crippen molar-refractivity contribution in [3.8, 4) is 11.8 Å². The fourth-order valence-electron chi connectivity index (χ4n) is 2.91. The van der Waals surface area contributed by atoms with Crippen molar-refractivity contribution in [3.05, 3.63) is 45.5 Å². The largest absolute Gasteiger partial charge is 0.480 e. The second kappa shape index (κ2) is 8.47. The Morgan fingerprint density at radius 2 is 2.15 bits per heavy atom. The van der Waals surface area contributed by atoms with E-state index in [1.165, 1.54) is 36.3 Å². The van der Waals surface area contributed by atoms with Crippen molar-refractivity contribution in [2.45, 2.75) is 31.9 Å². The zero-order chi connectivity index (χ0) is 19.2. The van der Waals surface area contributed by atoms with Gasteiger partial charge in [0.05, 0.1) is 26.0 Å². The molecule has 2 aromatic heterocycles. The van der Waals surface area contributed by atoms with Gasteiger partial charge in [0.2, 0.25) is 17.7 Å². The molecule has 10 heteroatoms. The van der Waals surface area contributed by atoms with E-state index in [4.69, 9.17) is 9.47 Å². The standard InChI is InChI=1S/C17H21N5O5/c1-26-14-9-18-10-15(20-14)27-12-3-2-6-22(11-12)16(24)5-8-21-7-4-13(23)19-17(21)25/h4,7,9-10,12H,2-3,5-6,8,11H2,1H3,(H,19,23,25)/t12-/m1/s1. The molecule has 0 aromatic carbocycles. The second-order valence-electron chi connectivity index (χ2n) is 6.18. The van der Waals surface area contributed by atoms with Crippen molar-refractivity contribution >= 4 is 5.91 Å². The van der Waals surface area contributed by atoms with Gasteiger partial charge in [-0.2, -0.15) is 4.98 Å². The average molecular weight is 375 g/mol. The lowest BCUT2D eigenvalue weighted by Crippen LogP contribution is -2.45. The molecule has 0 saturated carbocycles. The Morgan fingerprint density at radius 3 is 2.93 bits per heavy atom. The van der Waals surface area contributed by atoms with Crippen molar-refractivity contribution in [1.82, 2.24) is 24.4 Å². The Morgan fingerprint density at radius 1 is 1.33 bits per heavy atom.